The summed E-state index contributed by atoms with van der Waals surface area (Å²) in [4.78, 5) is 0. The van der Waals surface area contributed by atoms with Gasteiger partial charge in [-0.2, -0.15) is 21.0 Å². The molecule has 18 heteroatoms. The molecule has 0 aromatic rings. The molecule has 0 amide bonds. The van der Waals surface area contributed by atoms with E-state index in [1.165, 1.54) is 0 Å². The van der Waals surface area contributed by atoms with E-state index in [4.69, 9.17) is 22.3 Å². The Morgan fingerprint density at radius 1 is 0.800 bits per heavy atom. The molecule has 2 unspecified atom stereocenters. The summed E-state index contributed by atoms with van der Waals surface area (Å²) in [6.07, 6.45) is -0.0600. The highest BCUT2D eigenvalue weighted by atomic mass is 32.3. The lowest BCUT2D eigenvalue weighted by Crippen LogP contribution is -2.40. The van der Waals surface area contributed by atoms with Crippen molar-refractivity contribution in [2.75, 3.05) is 52.9 Å². The van der Waals surface area contributed by atoms with E-state index in [0.29, 0.717) is 6.42 Å². The predicted octanol–water partition coefficient (Wildman–Crippen LogP) is -1.78. The van der Waals surface area contributed by atoms with Crippen molar-refractivity contribution in [2.24, 2.45) is 11.8 Å². The fourth-order valence-corrected chi connectivity index (χ4v) is 4.61. The third-order valence-electron chi connectivity index (χ3n) is 3.98. The van der Waals surface area contributed by atoms with Crippen LogP contribution in [-0.2, 0) is 71.2 Å². The van der Waals surface area contributed by atoms with Gasteiger partial charge in [-0.15, -0.1) is 0 Å². The predicted molar refractivity (Wildman–Crippen MR) is 95.8 cm³/mol. The molecule has 3 rings (SSSR count). The molecule has 0 N–H and O–H groups in total. The maximum Gasteiger partial charge on any atom is 0.639 e. The highest BCUT2D eigenvalue weighted by Gasteiger charge is 2.33. The molecule has 3 saturated heterocycles. The summed E-state index contributed by atoms with van der Waals surface area (Å²) in [5.74, 6) is -0.775. The first-order valence-corrected chi connectivity index (χ1v) is 12.5. The molecule has 0 aromatic carbocycles. The Morgan fingerprint density at radius 3 is 1.73 bits per heavy atom. The van der Waals surface area contributed by atoms with Gasteiger partial charge in [0.15, 0.2) is 0 Å². The summed E-state index contributed by atoms with van der Waals surface area (Å²) < 4.78 is 101. The maximum atomic E-state index is 11.3. The van der Waals surface area contributed by atoms with Crippen LogP contribution in [0.15, 0.2) is 0 Å². The van der Waals surface area contributed by atoms with Crippen LogP contribution in [0.25, 0.3) is 0 Å². The van der Waals surface area contributed by atoms with Crippen molar-refractivity contribution in [3.05, 3.63) is 0 Å². The molecule has 3 aliphatic heterocycles. The molecular formula is C12H21BO14S3. The van der Waals surface area contributed by atoms with Crippen LogP contribution >= 0.6 is 0 Å². The molecule has 2 atom stereocenters. The van der Waals surface area contributed by atoms with Gasteiger partial charge in [0.05, 0.1) is 39.6 Å². The smallest absolute Gasteiger partial charge is 0.385 e. The van der Waals surface area contributed by atoms with Crippen LogP contribution in [0.2, 0.25) is 0 Å². The zero-order chi connectivity index (χ0) is 21.6. The topological polar surface area (TPSA) is 168 Å². The van der Waals surface area contributed by atoms with Crippen molar-refractivity contribution in [1.29, 1.82) is 0 Å². The first-order chi connectivity index (χ1) is 14.2. The van der Waals surface area contributed by atoms with Crippen molar-refractivity contribution in [2.45, 2.75) is 12.5 Å². The van der Waals surface area contributed by atoms with Gasteiger partial charge in [-0.3, -0.25) is 8.37 Å². The van der Waals surface area contributed by atoms with Gasteiger partial charge < -0.3 is 14.0 Å². The van der Waals surface area contributed by atoms with Gasteiger partial charge in [-0.05, 0) is 0 Å². The summed E-state index contributed by atoms with van der Waals surface area (Å²) in [5.41, 5.74) is 0. The average molecular weight is 496 g/mol. The molecule has 0 bridgehead atoms. The molecular weight excluding hydrogens is 475 g/mol. The Bertz CT molecular complexity index is 710. The Morgan fingerprint density at radius 2 is 1.27 bits per heavy atom. The molecule has 174 valence electrons. The van der Waals surface area contributed by atoms with Crippen LogP contribution in [0.4, 0.5) is 0 Å². The summed E-state index contributed by atoms with van der Waals surface area (Å²) in [5, 5.41) is 0. The molecule has 3 heterocycles. The number of hydrogen-bond acceptors (Lipinski definition) is 14. The lowest BCUT2D eigenvalue weighted by molar-refractivity contribution is 0.000285. The highest BCUT2D eigenvalue weighted by Crippen LogP contribution is 2.16. The van der Waals surface area contributed by atoms with Crippen molar-refractivity contribution in [3.63, 3.8) is 0 Å². The van der Waals surface area contributed by atoms with E-state index in [-0.39, 0.29) is 64.7 Å². The molecule has 0 aliphatic carbocycles. The van der Waals surface area contributed by atoms with Gasteiger partial charge in [-0.25, -0.2) is 16.7 Å². The van der Waals surface area contributed by atoms with Crippen LogP contribution in [0.5, 0.6) is 0 Å². The second-order valence-corrected chi connectivity index (χ2v) is 9.92. The van der Waals surface area contributed by atoms with Gasteiger partial charge in [0.2, 0.25) is 0 Å². The van der Waals surface area contributed by atoms with Crippen molar-refractivity contribution >= 4 is 39.5 Å². The summed E-state index contributed by atoms with van der Waals surface area (Å²) in [7, 11) is -9.15. The molecule has 30 heavy (non-hydrogen) atoms. The molecule has 0 spiro atoms. The first kappa shape index (κ1) is 24.4. The van der Waals surface area contributed by atoms with E-state index >= 15 is 0 Å². The molecule has 0 radical (unpaired) electrons. The number of hydrogen-bond donors (Lipinski definition) is 0. The highest BCUT2D eigenvalue weighted by molar-refractivity contribution is 7.82. The van der Waals surface area contributed by atoms with Crippen LogP contribution < -0.4 is 0 Å². The monoisotopic (exact) mass is 496 g/mol. The van der Waals surface area contributed by atoms with E-state index in [1.807, 2.05) is 0 Å². The Balaban J connectivity index is 1.46. The summed E-state index contributed by atoms with van der Waals surface area (Å²) >= 11 is -1.86. The van der Waals surface area contributed by atoms with Crippen LogP contribution in [-0.4, -0.2) is 87.3 Å². The molecule has 14 nitrogen and oxygen atoms in total. The van der Waals surface area contributed by atoms with Crippen LogP contribution in [0.1, 0.15) is 6.42 Å². The quantitative estimate of drug-likeness (QED) is 0.328. The minimum Gasteiger partial charge on any atom is -0.385 e. The largest absolute Gasteiger partial charge is 0.639 e. The van der Waals surface area contributed by atoms with Gasteiger partial charge in [0.1, 0.15) is 6.10 Å². The van der Waals surface area contributed by atoms with E-state index in [9.17, 15) is 21.0 Å². The maximum absolute atomic E-state index is 11.3. The van der Waals surface area contributed by atoms with Crippen molar-refractivity contribution in [3.8, 4) is 0 Å². The zero-order valence-corrected chi connectivity index (χ0v) is 18.1. The van der Waals surface area contributed by atoms with Crippen LogP contribution in [0, 0.1) is 11.8 Å². The van der Waals surface area contributed by atoms with Gasteiger partial charge in [-0.1, -0.05) is 0 Å². The lowest BCUT2D eigenvalue weighted by Gasteiger charge is -2.26. The second-order valence-electron chi connectivity index (χ2n) is 6.51. The average Bonchev–Trinajstić information content (AvgIpc) is 2.69. The molecule has 3 fully saturated rings. The fraction of sp³-hybridized carbons (Fsp3) is 1.00. The third kappa shape index (κ3) is 8.36. The minimum absolute atomic E-state index is 0.00714. The third-order valence-corrected chi connectivity index (χ3v) is 6.47. The molecule has 3 aliphatic rings. The van der Waals surface area contributed by atoms with Gasteiger partial charge in [0.25, 0.3) is 0 Å². The second kappa shape index (κ2) is 11.1. The SMILES string of the molecule is O=S1OCCC(COB(OCC2COS(=O)(=O)OC2)OCC2COS(=O)(=O)OC2)O1. The van der Waals surface area contributed by atoms with E-state index < -0.39 is 45.6 Å². The molecule has 0 saturated carbocycles. The summed E-state index contributed by atoms with van der Waals surface area (Å²) in [6.45, 7) is -0.294. The van der Waals surface area contributed by atoms with E-state index in [1.54, 1.807) is 0 Å². The fourth-order valence-electron chi connectivity index (χ4n) is 2.38. The van der Waals surface area contributed by atoms with Gasteiger partial charge >= 0.3 is 39.5 Å². The Kier molecular flexibility index (Phi) is 8.99. The zero-order valence-electron chi connectivity index (χ0n) is 15.6. The van der Waals surface area contributed by atoms with E-state index in [0.717, 1.165) is 0 Å². The van der Waals surface area contributed by atoms with Gasteiger partial charge in [0, 0.05) is 31.5 Å². The van der Waals surface area contributed by atoms with Crippen LogP contribution in [0.3, 0.4) is 0 Å². The number of rotatable bonds is 9. The Hall–Kier alpha value is -0.245. The van der Waals surface area contributed by atoms with Crippen molar-refractivity contribution in [1.82, 2.24) is 0 Å². The minimum atomic E-state index is -3.97. The summed E-state index contributed by atoms with van der Waals surface area (Å²) in [6, 6.07) is 0. The standard InChI is InChI=1S/C12H21BO14S3/c14-28-22-2-1-12(27-28)9-21-13(19-3-10-5-23-29(15,16)24-6-10)20-4-11-7-25-30(17,18)26-8-11/h10-12H,1-9H2. The first-order valence-electron chi connectivity index (χ1n) is 8.85. The molecule has 0 aromatic heterocycles. The Labute approximate surface area is 177 Å². The van der Waals surface area contributed by atoms with Crippen molar-refractivity contribution < 1.29 is 60.1 Å². The van der Waals surface area contributed by atoms with E-state index in [2.05, 4.69) is 16.7 Å². The normalized spacial score (nSPS) is 30.1. The lowest BCUT2D eigenvalue weighted by atomic mass is 10.1.